The van der Waals surface area contributed by atoms with Crippen molar-refractivity contribution in [2.45, 2.75) is 47.0 Å². The third-order valence-electron chi connectivity index (χ3n) is 5.23. The normalized spacial score (nSPS) is 12.0. The number of anilines is 3. The average Bonchev–Trinajstić information content (AvgIpc) is 2.65. The van der Waals surface area contributed by atoms with Crippen molar-refractivity contribution in [1.82, 2.24) is 0 Å². The average molecular weight is 344 g/mol. The number of hydrogen-bond acceptors (Lipinski definition) is 1. The van der Waals surface area contributed by atoms with Gasteiger partial charge in [-0.25, -0.2) is 0 Å². The van der Waals surface area contributed by atoms with Crippen molar-refractivity contribution in [2.24, 2.45) is 0 Å². The van der Waals surface area contributed by atoms with Crippen molar-refractivity contribution in [3.63, 3.8) is 0 Å². The van der Waals surface area contributed by atoms with Crippen LogP contribution in [-0.4, -0.2) is 0 Å². The molecule has 0 aliphatic carbocycles. The lowest BCUT2D eigenvalue weighted by Crippen LogP contribution is -2.11. The second-order valence-electron chi connectivity index (χ2n) is 7.36. The van der Waals surface area contributed by atoms with Gasteiger partial charge in [-0.15, -0.1) is 0 Å². The molecule has 0 fully saturated rings. The number of nitrogens with zero attached hydrogens (tertiary/aromatic N) is 1. The molecule has 3 aromatic rings. The van der Waals surface area contributed by atoms with Crippen LogP contribution in [0.2, 0.25) is 0 Å². The van der Waals surface area contributed by atoms with Gasteiger partial charge in [0.1, 0.15) is 0 Å². The largest absolute Gasteiger partial charge is 0.310 e. The third kappa shape index (κ3) is 3.83. The van der Waals surface area contributed by atoms with Crippen LogP contribution >= 0.6 is 0 Å². The Morgan fingerprint density at radius 2 is 1.23 bits per heavy atom. The van der Waals surface area contributed by atoms with Gasteiger partial charge in [0.2, 0.25) is 0 Å². The smallest absolute Gasteiger partial charge is 0.0490 e. The Hall–Kier alpha value is -2.54. The molecule has 0 aromatic heterocycles. The van der Waals surface area contributed by atoms with Gasteiger partial charge in [0, 0.05) is 17.1 Å². The van der Waals surface area contributed by atoms with Gasteiger partial charge in [-0.1, -0.05) is 61.4 Å². The second kappa shape index (κ2) is 7.78. The zero-order valence-corrected chi connectivity index (χ0v) is 16.6. The predicted molar refractivity (Wildman–Crippen MR) is 114 cm³/mol. The van der Waals surface area contributed by atoms with Crippen molar-refractivity contribution in [2.75, 3.05) is 4.90 Å². The monoisotopic (exact) mass is 343 g/mol. The predicted octanol–water partition coefficient (Wildman–Crippen LogP) is 7.60. The first-order chi connectivity index (χ1) is 12.5. The first-order valence-corrected chi connectivity index (χ1v) is 9.53. The summed E-state index contributed by atoms with van der Waals surface area (Å²) in [5, 5.41) is 0. The van der Waals surface area contributed by atoms with Crippen LogP contribution in [0.1, 0.15) is 48.4 Å². The molecule has 0 radical (unpaired) electrons. The molecule has 0 spiro atoms. The minimum atomic E-state index is 0.593. The Balaban J connectivity index is 2.11. The highest BCUT2D eigenvalue weighted by Crippen LogP contribution is 2.37. The Kier molecular flexibility index (Phi) is 5.46. The topological polar surface area (TPSA) is 3.24 Å². The number of rotatable bonds is 5. The van der Waals surface area contributed by atoms with E-state index < -0.39 is 0 Å². The standard InChI is InChI=1S/C25H29N/c1-6-20(4)22-11-16-25(21(5)17-22)26(23-12-7-18(2)8-13-23)24-14-9-19(3)10-15-24/h7-17,20H,6H2,1-5H3. The van der Waals surface area contributed by atoms with Crippen LogP contribution in [0.25, 0.3) is 0 Å². The molecule has 1 atom stereocenters. The summed E-state index contributed by atoms with van der Waals surface area (Å²) in [6.45, 7) is 11.0. The fraction of sp³-hybridized carbons (Fsp3) is 0.280. The highest BCUT2D eigenvalue weighted by atomic mass is 15.1. The van der Waals surface area contributed by atoms with Crippen LogP contribution in [0.4, 0.5) is 17.1 Å². The van der Waals surface area contributed by atoms with E-state index in [0.717, 1.165) is 0 Å². The van der Waals surface area contributed by atoms with Gasteiger partial charge >= 0.3 is 0 Å². The van der Waals surface area contributed by atoms with Crippen molar-refractivity contribution >= 4 is 17.1 Å². The van der Waals surface area contributed by atoms with Gasteiger partial charge < -0.3 is 4.90 Å². The van der Waals surface area contributed by atoms with Crippen molar-refractivity contribution in [3.05, 3.63) is 89.0 Å². The van der Waals surface area contributed by atoms with Crippen LogP contribution in [0.3, 0.4) is 0 Å². The Bertz CT molecular complexity index is 814. The summed E-state index contributed by atoms with van der Waals surface area (Å²) in [7, 11) is 0. The van der Waals surface area contributed by atoms with E-state index >= 15 is 0 Å². The Morgan fingerprint density at radius 3 is 1.65 bits per heavy atom. The summed E-state index contributed by atoms with van der Waals surface area (Å²) in [4.78, 5) is 2.36. The van der Waals surface area contributed by atoms with E-state index in [1.807, 2.05) is 0 Å². The minimum Gasteiger partial charge on any atom is -0.310 e. The molecule has 3 rings (SSSR count). The highest BCUT2D eigenvalue weighted by molar-refractivity contribution is 5.78. The summed E-state index contributed by atoms with van der Waals surface area (Å²) >= 11 is 0. The Morgan fingerprint density at radius 1 is 0.731 bits per heavy atom. The summed E-state index contributed by atoms with van der Waals surface area (Å²) < 4.78 is 0. The van der Waals surface area contributed by atoms with Gasteiger partial charge in [-0.3, -0.25) is 0 Å². The van der Waals surface area contributed by atoms with Crippen molar-refractivity contribution in [3.8, 4) is 0 Å². The lowest BCUT2D eigenvalue weighted by molar-refractivity contribution is 0.733. The van der Waals surface area contributed by atoms with Gasteiger partial charge in [0.25, 0.3) is 0 Å². The zero-order valence-electron chi connectivity index (χ0n) is 16.6. The second-order valence-corrected chi connectivity index (χ2v) is 7.36. The number of aryl methyl sites for hydroxylation is 3. The molecule has 0 saturated heterocycles. The molecule has 26 heavy (non-hydrogen) atoms. The van der Waals surface area contributed by atoms with E-state index in [1.165, 1.54) is 45.7 Å². The van der Waals surface area contributed by atoms with Crippen molar-refractivity contribution < 1.29 is 0 Å². The van der Waals surface area contributed by atoms with E-state index in [0.29, 0.717) is 5.92 Å². The fourth-order valence-corrected chi connectivity index (χ4v) is 3.29. The summed E-state index contributed by atoms with van der Waals surface area (Å²) in [5.41, 5.74) is 8.91. The van der Waals surface area contributed by atoms with E-state index in [4.69, 9.17) is 0 Å². The molecule has 1 heteroatoms. The van der Waals surface area contributed by atoms with Crippen LogP contribution in [0.5, 0.6) is 0 Å². The molecule has 0 aliphatic heterocycles. The number of hydrogen-bond donors (Lipinski definition) is 0. The maximum absolute atomic E-state index is 2.36. The zero-order chi connectivity index (χ0) is 18.7. The van der Waals surface area contributed by atoms with Gasteiger partial charge in [-0.2, -0.15) is 0 Å². The maximum Gasteiger partial charge on any atom is 0.0490 e. The molecule has 0 saturated carbocycles. The molecule has 1 unspecified atom stereocenters. The maximum atomic E-state index is 2.36. The van der Waals surface area contributed by atoms with Crippen LogP contribution in [0.15, 0.2) is 66.7 Å². The molecule has 0 N–H and O–H groups in total. The van der Waals surface area contributed by atoms with E-state index in [1.54, 1.807) is 0 Å². The van der Waals surface area contributed by atoms with E-state index in [9.17, 15) is 0 Å². The molecule has 0 amide bonds. The lowest BCUT2D eigenvalue weighted by atomic mass is 9.96. The molecule has 134 valence electrons. The highest BCUT2D eigenvalue weighted by Gasteiger charge is 2.15. The van der Waals surface area contributed by atoms with E-state index in [-0.39, 0.29) is 0 Å². The summed E-state index contributed by atoms with van der Waals surface area (Å²) in [6.07, 6.45) is 1.17. The van der Waals surface area contributed by atoms with Crippen LogP contribution in [0, 0.1) is 20.8 Å². The number of benzene rings is 3. The van der Waals surface area contributed by atoms with Crippen molar-refractivity contribution in [1.29, 1.82) is 0 Å². The molecular weight excluding hydrogens is 314 g/mol. The third-order valence-corrected chi connectivity index (χ3v) is 5.23. The first-order valence-electron chi connectivity index (χ1n) is 9.53. The molecule has 0 heterocycles. The van der Waals surface area contributed by atoms with Crippen LogP contribution in [-0.2, 0) is 0 Å². The lowest BCUT2D eigenvalue weighted by Gasteiger charge is -2.28. The molecule has 3 aromatic carbocycles. The Labute approximate surface area is 158 Å². The first kappa shape index (κ1) is 18.3. The fourth-order valence-electron chi connectivity index (χ4n) is 3.29. The van der Waals surface area contributed by atoms with E-state index in [2.05, 4.69) is 106 Å². The summed E-state index contributed by atoms with van der Waals surface area (Å²) in [6, 6.07) is 24.4. The molecular formula is C25H29N. The molecule has 0 aliphatic rings. The van der Waals surface area contributed by atoms with Gasteiger partial charge in [0.15, 0.2) is 0 Å². The molecule has 1 nitrogen and oxygen atoms in total. The quantitative estimate of drug-likeness (QED) is 0.461. The summed E-state index contributed by atoms with van der Waals surface area (Å²) in [5.74, 6) is 0.593. The SMILES string of the molecule is CCC(C)c1ccc(N(c2ccc(C)cc2)c2ccc(C)cc2)c(C)c1. The van der Waals surface area contributed by atoms with Gasteiger partial charge in [0.05, 0.1) is 0 Å². The van der Waals surface area contributed by atoms with Crippen LogP contribution < -0.4 is 4.90 Å². The van der Waals surface area contributed by atoms with Gasteiger partial charge in [-0.05, 0) is 74.6 Å². The molecule has 0 bridgehead atoms. The minimum absolute atomic E-state index is 0.593.